The fourth-order valence-electron chi connectivity index (χ4n) is 7.07. The number of hydrogen-bond donors (Lipinski definition) is 0. The summed E-state index contributed by atoms with van der Waals surface area (Å²) in [5, 5.41) is 2.47. The van der Waals surface area contributed by atoms with Gasteiger partial charge in [-0.2, -0.15) is 0 Å². The van der Waals surface area contributed by atoms with Crippen molar-refractivity contribution in [2.75, 3.05) is 0 Å². The van der Waals surface area contributed by atoms with E-state index in [1.807, 2.05) is 90.2 Å². The fourth-order valence-corrected chi connectivity index (χ4v) is 8.20. The molecule has 0 N–H and O–H groups in total. The molecule has 10 rings (SSSR count). The van der Waals surface area contributed by atoms with E-state index in [1.54, 1.807) is 0 Å². The van der Waals surface area contributed by atoms with Gasteiger partial charge in [0.05, 0.1) is 11.4 Å². The van der Waals surface area contributed by atoms with Crippen LogP contribution in [-0.4, -0.2) is 24.9 Å². The summed E-state index contributed by atoms with van der Waals surface area (Å²) in [6.07, 6.45) is 0. The maximum atomic E-state index is 5.19. The van der Waals surface area contributed by atoms with Crippen LogP contribution in [-0.2, 0) is 0 Å². The molecular weight excluding hydrogens is 691 g/mol. The minimum absolute atomic E-state index is 0.619. The number of aromatic nitrogens is 5. The van der Waals surface area contributed by atoms with Gasteiger partial charge in [-0.1, -0.05) is 158 Å². The third kappa shape index (κ3) is 6.35. The van der Waals surface area contributed by atoms with E-state index in [0.717, 1.165) is 55.9 Å². The number of rotatable bonds is 7. The molecule has 0 aliphatic heterocycles. The molecule has 0 saturated heterocycles. The van der Waals surface area contributed by atoms with Crippen molar-refractivity contribution in [2.45, 2.75) is 0 Å². The Morgan fingerprint density at radius 1 is 0.291 bits per heavy atom. The maximum Gasteiger partial charge on any atom is 0.164 e. The first-order valence-electron chi connectivity index (χ1n) is 18.2. The molecule has 0 radical (unpaired) electrons. The van der Waals surface area contributed by atoms with Crippen LogP contribution in [0.3, 0.4) is 0 Å². The van der Waals surface area contributed by atoms with Crippen molar-refractivity contribution >= 4 is 31.5 Å². The smallest absolute Gasteiger partial charge is 0.164 e. The molecule has 10 aromatic rings. The first-order chi connectivity index (χ1) is 27.2. The lowest BCUT2D eigenvalue weighted by molar-refractivity contribution is 1.07. The summed E-state index contributed by atoms with van der Waals surface area (Å²) in [6.45, 7) is 0. The highest BCUT2D eigenvalue weighted by atomic mass is 32.1. The van der Waals surface area contributed by atoms with E-state index in [4.69, 9.17) is 24.9 Å². The lowest BCUT2D eigenvalue weighted by atomic mass is 9.98. The summed E-state index contributed by atoms with van der Waals surface area (Å²) < 4.78 is 2.51. The second kappa shape index (κ2) is 14.0. The van der Waals surface area contributed by atoms with Gasteiger partial charge < -0.3 is 0 Å². The zero-order valence-corrected chi connectivity index (χ0v) is 30.4. The van der Waals surface area contributed by atoms with Gasteiger partial charge in [0.25, 0.3) is 0 Å². The van der Waals surface area contributed by atoms with E-state index in [0.29, 0.717) is 23.3 Å². The number of fused-ring (bicyclic) bond motifs is 3. The highest BCUT2D eigenvalue weighted by Crippen LogP contribution is 2.41. The molecule has 0 fully saturated rings. The monoisotopic (exact) mass is 721 g/mol. The Balaban J connectivity index is 1.08. The van der Waals surface area contributed by atoms with Crippen LogP contribution in [0.5, 0.6) is 0 Å². The van der Waals surface area contributed by atoms with E-state index < -0.39 is 0 Å². The molecule has 0 amide bonds. The van der Waals surface area contributed by atoms with Crippen molar-refractivity contribution in [1.82, 2.24) is 24.9 Å². The highest BCUT2D eigenvalue weighted by Gasteiger charge is 2.17. The molecule has 0 aliphatic rings. The van der Waals surface area contributed by atoms with Gasteiger partial charge in [0, 0.05) is 53.6 Å². The Labute approximate surface area is 322 Å². The zero-order chi connectivity index (χ0) is 36.6. The van der Waals surface area contributed by atoms with Crippen LogP contribution in [0.2, 0.25) is 0 Å². The third-order valence-electron chi connectivity index (χ3n) is 9.75. The molecule has 3 heterocycles. The minimum atomic E-state index is 0.619. The van der Waals surface area contributed by atoms with Gasteiger partial charge in [0.15, 0.2) is 23.3 Å². The molecule has 0 spiro atoms. The molecule has 3 aromatic heterocycles. The Hall–Kier alpha value is -7.15. The molecule has 0 aliphatic carbocycles. The molecule has 258 valence electrons. The van der Waals surface area contributed by atoms with Crippen LogP contribution in [0.15, 0.2) is 188 Å². The number of benzene rings is 7. The number of thiophene rings is 1. The van der Waals surface area contributed by atoms with Gasteiger partial charge in [0.2, 0.25) is 0 Å². The molecule has 0 unspecified atom stereocenters. The standard InChI is InChI=1S/C49H31N5S/c1-4-15-32(16-5-1)46-50-41(31-42(51-46)39-26-14-28-44-45(39)40-25-10-11-27-43(40)55-44)37-23-12-21-35(29-37)36-22-13-24-38(30-36)49-53-47(33-17-6-2-7-18-33)52-48(54-49)34-19-8-3-9-20-34/h1-31H. The van der Waals surface area contributed by atoms with E-state index >= 15 is 0 Å². The lowest BCUT2D eigenvalue weighted by Gasteiger charge is -2.12. The first-order valence-corrected chi connectivity index (χ1v) is 19.0. The van der Waals surface area contributed by atoms with Crippen molar-refractivity contribution < 1.29 is 0 Å². The van der Waals surface area contributed by atoms with E-state index in [1.165, 1.54) is 20.2 Å². The maximum absolute atomic E-state index is 5.19. The lowest BCUT2D eigenvalue weighted by Crippen LogP contribution is -2.00. The second-order valence-electron chi connectivity index (χ2n) is 13.3. The van der Waals surface area contributed by atoms with Gasteiger partial charge >= 0.3 is 0 Å². The van der Waals surface area contributed by atoms with Gasteiger partial charge in [-0.05, 0) is 41.5 Å². The molecule has 55 heavy (non-hydrogen) atoms. The van der Waals surface area contributed by atoms with Crippen LogP contribution in [0.1, 0.15) is 0 Å². The van der Waals surface area contributed by atoms with Crippen LogP contribution < -0.4 is 0 Å². The second-order valence-corrected chi connectivity index (χ2v) is 14.4. The minimum Gasteiger partial charge on any atom is -0.228 e. The highest BCUT2D eigenvalue weighted by molar-refractivity contribution is 7.25. The zero-order valence-electron chi connectivity index (χ0n) is 29.5. The Morgan fingerprint density at radius 2 is 0.727 bits per heavy atom. The van der Waals surface area contributed by atoms with Crippen LogP contribution in [0.4, 0.5) is 0 Å². The Kier molecular flexibility index (Phi) is 8.28. The molecule has 7 aromatic carbocycles. The summed E-state index contributed by atoms with van der Waals surface area (Å²) >= 11 is 1.81. The van der Waals surface area contributed by atoms with E-state index in [-0.39, 0.29) is 0 Å². The molecular formula is C49H31N5S. The predicted molar refractivity (Wildman–Crippen MR) is 226 cm³/mol. The quantitative estimate of drug-likeness (QED) is 0.164. The van der Waals surface area contributed by atoms with Crippen LogP contribution >= 0.6 is 11.3 Å². The molecule has 0 saturated carbocycles. The Bertz CT molecular complexity index is 2920. The average Bonchev–Trinajstić information content (AvgIpc) is 3.66. The Morgan fingerprint density at radius 3 is 1.36 bits per heavy atom. The van der Waals surface area contributed by atoms with Crippen LogP contribution in [0.25, 0.3) is 99.4 Å². The van der Waals surface area contributed by atoms with Crippen molar-refractivity contribution in [3.05, 3.63) is 188 Å². The molecule has 5 nitrogen and oxygen atoms in total. The molecule has 0 bridgehead atoms. The fraction of sp³-hybridized carbons (Fsp3) is 0. The van der Waals surface area contributed by atoms with Gasteiger partial charge in [-0.3, -0.25) is 0 Å². The first kappa shape index (κ1) is 32.5. The number of nitrogens with zero attached hydrogens (tertiary/aromatic N) is 5. The third-order valence-corrected chi connectivity index (χ3v) is 10.9. The summed E-state index contributed by atoms with van der Waals surface area (Å²) in [5.41, 5.74) is 9.72. The van der Waals surface area contributed by atoms with E-state index in [9.17, 15) is 0 Å². The SMILES string of the molecule is c1ccc(-c2nc(-c3cccc(-c4cccc(-c5nc(-c6ccccc6)nc(-c6ccccc6)n5)c4)c3)cc(-c3cccc4sc5ccccc5c34)n2)cc1. The van der Waals surface area contributed by atoms with Gasteiger partial charge in [0.1, 0.15) is 0 Å². The molecule has 6 heteroatoms. The summed E-state index contributed by atoms with van der Waals surface area (Å²) in [7, 11) is 0. The normalized spacial score (nSPS) is 11.3. The molecule has 0 atom stereocenters. The predicted octanol–water partition coefficient (Wildman–Crippen LogP) is 12.7. The van der Waals surface area contributed by atoms with Crippen molar-refractivity contribution in [1.29, 1.82) is 0 Å². The largest absolute Gasteiger partial charge is 0.228 e. The van der Waals surface area contributed by atoms with Crippen molar-refractivity contribution in [3.63, 3.8) is 0 Å². The van der Waals surface area contributed by atoms with E-state index in [2.05, 4.69) is 109 Å². The van der Waals surface area contributed by atoms with Crippen LogP contribution in [0, 0.1) is 0 Å². The topological polar surface area (TPSA) is 64.5 Å². The number of hydrogen-bond acceptors (Lipinski definition) is 6. The van der Waals surface area contributed by atoms with Gasteiger partial charge in [-0.25, -0.2) is 24.9 Å². The van der Waals surface area contributed by atoms with Crippen molar-refractivity contribution in [3.8, 4) is 79.2 Å². The summed E-state index contributed by atoms with van der Waals surface area (Å²) in [4.78, 5) is 25.2. The summed E-state index contributed by atoms with van der Waals surface area (Å²) in [5.74, 6) is 2.58. The average molecular weight is 722 g/mol. The summed E-state index contributed by atoms with van der Waals surface area (Å²) in [6, 6.07) is 64.5. The van der Waals surface area contributed by atoms with Gasteiger partial charge in [-0.15, -0.1) is 11.3 Å². The van der Waals surface area contributed by atoms with Crippen molar-refractivity contribution in [2.24, 2.45) is 0 Å².